The second kappa shape index (κ2) is 6.74. The Morgan fingerprint density at radius 1 is 0.944 bits per heavy atom. The maximum Gasteiger partial charge on any atom is 0.119 e. The molecule has 2 aromatic rings. The van der Waals surface area contributed by atoms with Crippen molar-refractivity contribution in [1.29, 1.82) is 0 Å². The lowest BCUT2D eigenvalue weighted by molar-refractivity contribution is 0.317. The summed E-state index contributed by atoms with van der Waals surface area (Å²) in [4.78, 5) is 8.03. The van der Waals surface area contributed by atoms with E-state index in [2.05, 4.69) is 29.0 Å². The zero-order chi connectivity index (χ0) is 12.6. The molecular formula is C15H18N2O. The maximum absolute atomic E-state index is 5.55. The van der Waals surface area contributed by atoms with Crippen LogP contribution in [0.15, 0.2) is 43.0 Å². The van der Waals surface area contributed by atoms with Gasteiger partial charge >= 0.3 is 0 Å². The number of rotatable bonds is 6. The van der Waals surface area contributed by atoms with Crippen molar-refractivity contribution in [2.45, 2.75) is 26.2 Å². The number of hydrogen-bond acceptors (Lipinski definition) is 3. The Labute approximate surface area is 108 Å². The van der Waals surface area contributed by atoms with E-state index in [4.69, 9.17) is 4.74 Å². The summed E-state index contributed by atoms with van der Waals surface area (Å²) < 4.78 is 5.55. The van der Waals surface area contributed by atoms with Crippen molar-refractivity contribution in [3.8, 4) is 5.75 Å². The SMILES string of the molecule is CCCOc1ccc(CCc2cncnc2)cc1. The summed E-state index contributed by atoms with van der Waals surface area (Å²) >= 11 is 0. The molecule has 0 unspecified atom stereocenters. The summed E-state index contributed by atoms with van der Waals surface area (Å²) in [5.74, 6) is 0.948. The van der Waals surface area contributed by atoms with Crippen LogP contribution in [0.2, 0.25) is 0 Å². The molecular weight excluding hydrogens is 224 g/mol. The number of hydrogen-bond donors (Lipinski definition) is 0. The molecule has 0 aliphatic carbocycles. The molecule has 1 aromatic heterocycles. The van der Waals surface area contributed by atoms with Gasteiger partial charge in [-0.15, -0.1) is 0 Å². The van der Waals surface area contributed by atoms with Crippen LogP contribution in [0, 0.1) is 0 Å². The Morgan fingerprint density at radius 3 is 2.28 bits per heavy atom. The highest BCUT2D eigenvalue weighted by Crippen LogP contribution is 2.14. The molecule has 2 rings (SSSR count). The van der Waals surface area contributed by atoms with Crippen LogP contribution >= 0.6 is 0 Å². The lowest BCUT2D eigenvalue weighted by Gasteiger charge is -2.06. The van der Waals surface area contributed by atoms with Crippen molar-refractivity contribution in [3.63, 3.8) is 0 Å². The third-order valence-electron chi connectivity index (χ3n) is 2.71. The largest absolute Gasteiger partial charge is 0.494 e. The molecule has 0 aliphatic rings. The Hall–Kier alpha value is -1.90. The Balaban J connectivity index is 1.86. The lowest BCUT2D eigenvalue weighted by Crippen LogP contribution is -1.96. The molecule has 0 spiro atoms. The molecule has 3 nitrogen and oxygen atoms in total. The Morgan fingerprint density at radius 2 is 1.61 bits per heavy atom. The third-order valence-corrected chi connectivity index (χ3v) is 2.71. The number of aryl methyl sites for hydroxylation is 2. The van der Waals surface area contributed by atoms with Gasteiger partial charge in [0.05, 0.1) is 6.61 Å². The summed E-state index contributed by atoms with van der Waals surface area (Å²) in [6.45, 7) is 2.89. The minimum Gasteiger partial charge on any atom is -0.494 e. The second-order valence-corrected chi connectivity index (χ2v) is 4.24. The van der Waals surface area contributed by atoms with Gasteiger partial charge in [-0.3, -0.25) is 0 Å². The average Bonchev–Trinajstić information content (AvgIpc) is 2.45. The van der Waals surface area contributed by atoms with E-state index in [0.717, 1.165) is 31.6 Å². The van der Waals surface area contributed by atoms with E-state index in [-0.39, 0.29) is 0 Å². The molecule has 0 fully saturated rings. The fourth-order valence-electron chi connectivity index (χ4n) is 1.72. The first kappa shape index (κ1) is 12.6. The van der Waals surface area contributed by atoms with Crippen molar-refractivity contribution >= 4 is 0 Å². The van der Waals surface area contributed by atoms with E-state index >= 15 is 0 Å². The van der Waals surface area contributed by atoms with Gasteiger partial charge in [-0.25, -0.2) is 9.97 Å². The Bertz CT molecular complexity index is 454. The second-order valence-electron chi connectivity index (χ2n) is 4.24. The standard InChI is InChI=1S/C15H18N2O/c1-2-9-18-15-7-5-13(6-8-15)3-4-14-10-16-12-17-11-14/h5-8,10-12H,2-4,9H2,1H3. The quantitative estimate of drug-likeness (QED) is 0.781. The Kier molecular flexibility index (Phi) is 4.70. The highest BCUT2D eigenvalue weighted by molar-refractivity contribution is 5.27. The first-order valence-corrected chi connectivity index (χ1v) is 6.34. The first-order chi connectivity index (χ1) is 8.88. The molecule has 1 heterocycles. The van der Waals surface area contributed by atoms with Crippen LogP contribution < -0.4 is 4.74 Å². The monoisotopic (exact) mass is 242 g/mol. The van der Waals surface area contributed by atoms with Crippen LogP contribution in [0.1, 0.15) is 24.5 Å². The van der Waals surface area contributed by atoms with Crippen LogP contribution in [-0.2, 0) is 12.8 Å². The number of benzene rings is 1. The minimum atomic E-state index is 0.778. The molecule has 0 saturated heterocycles. The van der Waals surface area contributed by atoms with Gasteiger partial charge in [-0.1, -0.05) is 19.1 Å². The summed E-state index contributed by atoms with van der Waals surface area (Å²) in [7, 11) is 0. The van der Waals surface area contributed by atoms with Crippen molar-refractivity contribution in [2.75, 3.05) is 6.61 Å². The number of ether oxygens (including phenoxy) is 1. The molecule has 1 aromatic carbocycles. The molecule has 0 N–H and O–H groups in total. The van der Waals surface area contributed by atoms with Gasteiger partial charge in [0.2, 0.25) is 0 Å². The van der Waals surface area contributed by atoms with E-state index in [1.807, 2.05) is 24.5 Å². The zero-order valence-electron chi connectivity index (χ0n) is 10.7. The van der Waals surface area contributed by atoms with Crippen LogP contribution in [-0.4, -0.2) is 16.6 Å². The predicted molar refractivity (Wildman–Crippen MR) is 71.7 cm³/mol. The summed E-state index contributed by atoms with van der Waals surface area (Å²) in [5.41, 5.74) is 2.48. The summed E-state index contributed by atoms with van der Waals surface area (Å²) in [6, 6.07) is 8.31. The smallest absolute Gasteiger partial charge is 0.119 e. The summed E-state index contributed by atoms with van der Waals surface area (Å²) in [5, 5.41) is 0. The van der Waals surface area contributed by atoms with Crippen molar-refractivity contribution in [2.24, 2.45) is 0 Å². The fraction of sp³-hybridized carbons (Fsp3) is 0.333. The van der Waals surface area contributed by atoms with Crippen molar-refractivity contribution in [3.05, 3.63) is 54.1 Å². The van der Waals surface area contributed by atoms with E-state index in [0.29, 0.717) is 0 Å². The van der Waals surface area contributed by atoms with Crippen molar-refractivity contribution in [1.82, 2.24) is 9.97 Å². The number of nitrogens with zero attached hydrogens (tertiary/aromatic N) is 2. The van der Waals surface area contributed by atoms with E-state index < -0.39 is 0 Å². The number of aromatic nitrogens is 2. The lowest BCUT2D eigenvalue weighted by atomic mass is 10.1. The van der Waals surface area contributed by atoms with Crippen LogP contribution in [0.5, 0.6) is 5.75 Å². The van der Waals surface area contributed by atoms with Gasteiger partial charge in [0.15, 0.2) is 0 Å². The topological polar surface area (TPSA) is 35.0 Å². The molecule has 0 radical (unpaired) electrons. The van der Waals surface area contributed by atoms with Crippen LogP contribution in [0.25, 0.3) is 0 Å². The van der Waals surface area contributed by atoms with Gasteiger partial charge in [0.1, 0.15) is 12.1 Å². The van der Waals surface area contributed by atoms with Crippen LogP contribution in [0.3, 0.4) is 0 Å². The van der Waals surface area contributed by atoms with Gasteiger partial charge in [0, 0.05) is 12.4 Å². The molecule has 94 valence electrons. The third kappa shape index (κ3) is 3.84. The molecule has 0 bridgehead atoms. The van der Waals surface area contributed by atoms with E-state index in [9.17, 15) is 0 Å². The molecule has 0 atom stereocenters. The van der Waals surface area contributed by atoms with Crippen LogP contribution in [0.4, 0.5) is 0 Å². The highest BCUT2D eigenvalue weighted by Gasteiger charge is 1.97. The molecule has 0 saturated carbocycles. The normalized spacial score (nSPS) is 10.3. The van der Waals surface area contributed by atoms with Crippen molar-refractivity contribution < 1.29 is 4.74 Å². The van der Waals surface area contributed by atoms with Gasteiger partial charge < -0.3 is 4.74 Å². The first-order valence-electron chi connectivity index (χ1n) is 6.34. The van der Waals surface area contributed by atoms with E-state index in [1.54, 1.807) is 6.33 Å². The zero-order valence-corrected chi connectivity index (χ0v) is 10.7. The summed E-state index contributed by atoms with van der Waals surface area (Å²) in [6.07, 6.45) is 8.30. The highest BCUT2D eigenvalue weighted by atomic mass is 16.5. The van der Waals surface area contributed by atoms with Gasteiger partial charge in [-0.05, 0) is 42.5 Å². The molecule has 0 aliphatic heterocycles. The molecule has 3 heteroatoms. The van der Waals surface area contributed by atoms with Gasteiger partial charge in [0.25, 0.3) is 0 Å². The predicted octanol–water partition coefficient (Wildman–Crippen LogP) is 3.05. The minimum absolute atomic E-state index is 0.778. The average molecular weight is 242 g/mol. The molecule has 18 heavy (non-hydrogen) atoms. The molecule has 0 amide bonds. The van der Waals surface area contributed by atoms with Gasteiger partial charge in [-0.2, -0.15) is 0 Å². The maximum atomic E-state index is 5.55. The van der Waals surface area contributed by atoms with E-state index in [1.165, 1.54) is 11.1 Å². The fourth-order valence-corrected chi connectivity index (χ4v) is 1.72.